The first-order valence-electron chi connectivity index (χ1n) is 8.35. The lowest BCUT2D eigenvalue weighted by atomic mass is 10.1. The number of halogens is 2. The van der Waals surface area contributed by atoms with Crippen LogP contribution < -0.4 is 11.1 Å². The number of guanidine groups is 1. The smallest absolute Gasteiger partial charge is 0.261 e. The number of rotatable bonds is 5. The number of carbonyl (C=O) groups is 2. The molecule has 1 aliphatic heterocycles. The Morgan fingerprint density at radius 3 is 2.37 bits per heavy atom. The van der Waals surface area contributed by atoms with Crippen LogP contribution in [0.5, 0.6) is 0 Å². The highest BCUT2D eigenvalue weighted by Crippen LogP contribution is 2.26. The number of carbonyl (C=O) groups excluding carboxylic acids is 2. The van der Waals surface area contributed by atoms with Crippen LogP contribution in [0.2, 0.25) is 10.0 Å². The number of aliphatic imine (C=N–C) groups is 1. The topological polar surface area (TPSA) is 87.8 Å². The van der Waals surface area contributed by atoms with Crippen molar-refractivity contribution in [1.82, 2.24) is 10.2 Å². The molecule has 2 aromatic carbocycles. The maximum Gasteiger partial charge on any atom is 0.261 e. The van der Waals surface area contributed by atoms with E-state index in [2.05, 4.69) is 10.3 Å². The van der Waals surface area contributed by atoms with E-state index in [-0.39, 0.29) is 36.9 Å². The zero-order valence-electron chi connectivity index (χ0n) is 14.6. The molecule has 8 heteroatoms. The Morgan fingerprint density at radius 1 is 1.15 bits per heavy atom. The van der Waals surface area contributed by atoms with E-state index in [4.69, 9.17) is 28.9 Å². The minimum absolute atomic E-state index is 0.158. The molecule has 0 aliphatic carbocycles. The van der Waals surface area contributed by atoms with E-state index in [0.29, 0.717) is 21.2 Å². The van der Waals surface area contributed by atoms with Gasteiger partial charge in [0.25, 0.3) is 11.8 Å². The van der Waals surface area contributed by atoms with Gasteiger partial charge in [-0.05, 0) is 36.8 Å². The molecule has 2 aromatic rings. The van der Waals surface area contributed by atoms with E-state index in [1.807, 2.05) is 13.0 Å². The maximum atomic E-state index is 12.3. The highest BCUT2D eigenvalue weighted by molar-refractivity contribution is 6.35. The van der Waals surface area contributed by atoms with Crippen LogP contribution in [0.3, 0.4) is 0 Å². The van der Waals surface area contributed by atoms with Crippen molar-refractivity contribution in [2.24, 2.45) is 10.7 Å². The van der Waals surface area contributed by atoms with Crippen LogP contribution in [0.1, 0.15) is 39.2 Å². The number of benzene rings is 2. The zero-order valence-corrected chi connectivity index (χ0v) is 16.1. The van der Waals surface area contributed by atoms with Gasteiger partial charge < -0.3 is 11.1 Å². The number of nitrogens with zero attached hydrogens (tertiary/aromatic N) is 2. The number of hydrogen-bond donors (Lipinski definition) is 2. The molecule has 27 heavy (non-hydrogen) atoms. The van der Waals surface area contributed by atoms with Crippen LogP contribution in [-0.4, -0.2) is 35.8 Å². The molecule has 2 amide bonds. The SMILES string of the molecule is CC(NC(N)=NCCN1C(=O)c2ccccc2C1=O)c1ccc(Cl)cc1Cl. The summed E-state index contributed by atoms with van der Waals surface area (Å²) in [6, 6.07) is 11.8. The van der Waals surface area contributed by atoms with E-state index in [1.54, 1.807) is 36.4 Å². The quantitative estimate of drug-likeness (QED) is 0.454. The third-order valence-corrected chi connectivity index (χ3v) is 4.84. The van der Waals surface area contributed by atoms with Gasteiger partial charge in [-0.15, -0.1) is 0 Å². The number of nitrogens with two attached hydrogens (primary N) is 1. The second-order valence-corrected chi connectivity index (χ2v) is 6.95. The van der Waals surface area contributed by atoms with Crippen LogP contribution in [0, 0.1) is 0 Å². The van der Waals surface area contributed by atoms with Crippen molar-refractivity contribution in [2.45, 2.75) is 13.0 Å². The van der Waals surface area contributed by atoms with Crippen molar-refractivity contribution in [3.05, 3.63) is 69.2 Å². The Bertz CT molecular complexity index is 895. The van der Waals surface area contributed by atoms with Gasteiger partial charge in [0.05, 0.1) is 23.7 Å². The number of amides is 2. The normalized spacial score (nSPS) is 15.1. The number of nitrogens with one attached hydrogen (secondary N) is 1. The van der Waals surface area contributed by atoms with E-state index < -0.39 is 0 Å². The van der Waals surface area contributed by atoms with Crippen molar-refractivity contribution in [1.29, 1.82) is 0 Å². The summed E-state index contributed by atoms with van der Waals surface area (Å²) in [7, 11) is 0. The van der Waals surface area contributed by atoms with Crippen molar-refractivity contribution < 1.29 is 9.59 Å². The molecule has 1 unspecified atom stereocenters. The molecule has 1 aliphatic rings. The molecule has 0 radical (unpaired) electrons. The molecule has 1 atom stereocenters. The first-order chi connectivity index (χ1) is 12.9. The summed E-state index contributed by atoms with van der Waals surface area (Å²) in [4.78, 5) is 30.0. The summed E-state index contributed by atoms with van der Waals surface area (Å²) in [6.45, 7) is 2.25. The van der Waals surface area contributed by atoms with Crippen LogP contribution in [0.15, 0.2) is 47.5 Å². The van der Waals surface area contributed by atoms with Gasteiger partial charge in [0.15, 0.2) is 5.96 Å². The second kappa shape index (κ2) is 7.98. The van der Waals surface area contributed by atoms with Gasteiger partial charge in [-0.25, -0.2) is 0 Å². The Balaban J connectivity index is 1.59. The first-order valence-corrected chi connectivity index (χ1v) is 9.10. The third-order valence-electron chi connectivity index (χ3n) is 4.28. The van der Waals surface area contributed by atoms with Gasteiger partial charge in [0.1, 0.15) is 0 Å². The van der Waals surface area contributed by atoms with Crippen LogP contribution in [0.4, 0.5) is 0 Å². The predicted molar refractivity (Wildman–Crippen MR) is 106 cm³/mol. The molecule has 3 rings (SSSR count). The van der Waals surface area contributed by atoms with Crippen LogP contribution in [0.25, 0.3) is 0 Å². The maximum absolute atomic E-state index is 12.3. The second-order valence-electron chi connectivity index (χ2n) is 6.11. The van der Waals surface area contributed by atoms with Crippen molar-refractivity contribution >= 4 is 41.0 Å². The molecule has 1 heterocycles. The molecular formula is C19H18Cl2N4O2. The Hall–Kier alpha value is -2.57. The van der Waals surface area contributed by atoms with E-state index in [1.165, 1.54) is 4.90 Å². The number of hydrogen-bond acceptors (Lipinski definition) is 3. The Labute approximate surface area is 167 Å². The fourth-order valence-corrected chi connectivity index (χ4v) is 3.48. The molecule has 0 spiro atoms. The molecule has 140 valence electrons. The lowest BCUT2D eigenvalue weighted by Crippen LogP contribution is -2.36. The molecule has 6 nitrogen and oxygen atoms in total. The average molecular weight is 405 g/mol. The minimum Gasteiger partial charge on any atom is -0.370 e. The van der Waals surface area contributed by atoms with E-state index in [0.717, 1.165) is 5.56 Å². The highest BCUT2D eigenvalue weighted by Gasteiger charge is 2.34. The monoisotopic (exact) mass is 404 g/mol. The van der Waals surface area contributed by atoms with Crippen LogP contribution in [-0.2, 0) is 0 Å². The number of fused-ring (bicyclic) bond motifs is 1. The van der Waals surface area contributed by atoms with Gasteiger partial charge in [0.2, 0.25) is 0 Å². The predicted octanol–water partition coefficient (Wildman–Crippen LogP) is 3.25. The van der Waals surface area contributed by atoms with Crippen molar-refractivity contribution in [3.63, 3.8) is 0 Å². The summed E-state index contributed by atoms with van der Waals surface area (Å²) < 4.78 is 0. The van der Waals surface area contributed by atoms with Gasteiger partial charge in [-0.1, -0.05) is 41.4 Å². The zero-order chi connectivity index (χ0) is 19.6. The molecule has 0 bridgehead atoms. The molecule has 3 N–H and O–H groups in total. The lowest BCUT2D eigenvalue weighted by Gasteiger charge is -2.17. The molecular weight excluding hydrogens is 387 g/mol. The molecule has 0 aromatic heterocycles. The van der Waals surface area contributed by atoms with Gasteiger partial charge in [-0.2, -0.15) is 0 Å². The highest BCUT2D eigenvalue weighted by atomic mass is 35.5. The van der Waals surface area contributed by atoms with Crippen molar-refractivity contribution in [3.8, 4) is 0 Å². The van der Waals surface area contributed by atoms with E-state index in [9.17, 15) is 9.59 Å². The van der Waals surface area contributed by atoms with E-state index >= 15 is 0 Å². The first kappa shape index (κ1) is 19.2. The Morgan fingerprint density at radius 2 is 1.78 bits per heavy atom. The summed E-state index contributed by atoms with van der Waals surface area (Å²) in [6.07, 6.45) is 0. The lowest BCUT2D eigenvalue weighted by molar-refractivity contribution is 0.0659. The molecule has 0 saturated carbocycles. The van der Waals surface area contributed by atoms with Gasteiger partial charge in [0, 0.05) is 16.6 Å². The summed E-state index contributed by atoms with van der Waals surface area (Å²) in [5, 5.41) is 4.12. The average Bonchev–Trinajstić information content (AvgIpc) is 2.87. The standard InChI is InChI=1S/C19H18Cl2N4O2/c1-11(13-7-6-12(20)10-16(13)21)24-19(22)23-8-9-25-17(26)14-4-2-3-5-15(14)18(25)27/h2-7,10-11H,8-9H2,1H3,(H3,22,23,24). The largest absolute Gasteiger partial charge is 0.370 e. The Kier molecular flexibility index (Phi) is 5.68. The fraction of sp³-hybridized carbons (Fsp3) is 0.211. The third kappa shape index (κ3) is 4.07. The number of imide groups is 1. The van der Waals surface area contributed by atoms with Crippen LogP contribution >= 0.6 is 23.2 Å². The fourth-order valence-electron chi connectivity index (χ4n) is 2.91. The van der Waals surface area contributed by atoms with Crippen molar-refractivity contribution in [2.75, 3.05) is 13.1 Å². The minimum atomic E-state index is -0.307. The van der Waals surface area contributed by atoms with Gasteiger partial charge >= 0.3 is 0 Å². The summed E-state index contributed by atoms with van der Waals surface area (Å²) in [5.41, 5.74) is 7.58. The molecule has 0 saturated heterocycles. The summed E-state index contributed by atoms with van der Waals surface area (Å²) in [5.74, 6) is -0.414. The summed E-state index contributed by atoms with van der Waals surface area (Å²) >= 11 is 12.1. The molecule has 0 fully saturated rings. The van der Waals surface area contributed by atoms with Gasteiger partial charge in [-0.3, -0.25) is 19.5 Å².